The van der Waals surface area contributed by atoms with Gasteiger partial charge in [0.1, 0.15) is 6.10 Å². The molecule has 164 valence electrons. The summed E-state index contributed by atoms with van der Waals surface area (Å²) in [5, 5.41) is 6.40. The second-order valence-corrected chi connectivity index (χ2v) is 6.89. The van der Waals surface area contributed by atoms with Crippen LogP contribution in [-0.2, 0) is 6.42 Å². The molecule has 0 aliphatic heterocycles. The number of ether oxygens (including phenoxy) is 1. The Balaban J connectivity index is 0.00000450. The lowest BCUT2D eigenvalue weighted by Crippen LogP contribution is -2.42. The van der Waals surface area contributed by atoms with Gasteiger partial charge in [-0.2, -0.15) is 0 Å². The molecule has 6 nitrogen and oxygen atoms in total. The van der Waals surface area contributed by atoms with E-state index in [0.29, 0.717) is 24.6 Å². The highest BCUT2D eigenvalue weighted by Gasteiger charge is 2.10. The summed E-state index contributed by atoms with van der Waals surface area (Å²) in [6.07, 6.45) is 0.510. The predicted octanol–water partition coefficient (Wildman–Crippen LogP) is 3.32. The molecule has 0 saturated heterocycles. The molecule has 2 N–H and O–H groups in total. The number of aliphatic imine (C=N–C) groups is 1. The summed E-state index contributed by atoms with van der Waals surface area (Å²) in [6, 6.07) is 13.9. The summed E-state index contributed by atoms with van der Waals surface area (Å²) in [7, 11) is 5.17. The molecule has 1 amide bonds. The summed E-state index contributed by atoms with van der Waals surface area (Å²) in [4.78, 5) is 17.8. The van der Waals surface area contributed by atoms with Crippen molar-refractivity contribution in [1.29, 1.82) is 0 Å². The van der Waals surface area contributed by atoms with Crippen LogP contribution in [0, 0.1) is 5.82 Å². The van der Waals surface area contributed by atoms with Crippen LogP contribution in [-0.4, -0.2) is 57.1 Å². The van der Waals surface area contributed by atoms with Crippen LogP contribution in [0.2, 0.25) is 0 Å². The van der Waals surface area contributed by atoms with E-state index in [0.717, 1.165) is 12.0 Å². The van der Waals surface area contributed by atoms with Crippen LogP contribution in [0.4, 0.5) is 4.39 Å². The zero-order chi connectivity index (χ0) is 21.2. The van der Waals surface area contributed by atoms with E-state index in [-0.39, 0.29) is 47.6 Å². The fraction of sp³-hybridized carbons (Fsp3) is 0.364. The SMILES string of the molecule is CN=C(NCCc1cccc(C(=O)N(C)C)c1)NCC(C)Oc1ccccc1F.I. The highest BCUT2D eigenvalue weighted by atomic mass is 127. The first-order valence-electron chi connectivity index (χ1n) is 9.57. The molecule has 2 aromatic rings. The van der Waals surface area contributed by atoms with Crippen LogP contribution >= 0.6 is 24.0 Å². The van der Waals surface area contributed by atoms with Crippen molar-refractivity contribution in [3.8, 4) is 5.75 Å². The normalized spacial score (nSPS) is 11.8. The molecule has 30 heavy (non-hydrogen) atoms. The molecule has 0 radical (unpaired) electrons. The molecule has 0 aliphatic rings. The summed E-state index contributed by atoms with van der Waals surface area (Å²) >= 11 is 0. The zero-order valence-corrected chi connectivity index (χ0v) is 20.1. The number of para-hydroxylation sites is 1. The van der Waals surface area contributed by atoms with Crippen molar-refractivity contribution < 1.29 is 13.9 Å². The Bertz CT molecular complexity index is 845. The molecule has 1 atom stereocenters. The fourth-order valence-electron chi connectivity index (χ4n) is 2.70. The van der Waals surface area contributed by atoms with E-state index < -0.39 is 0 Å². The first-order chi connectivity index (χ1) is 13.9. The lowest BCUT2D eigenvalue weighted by molar-refractivity contribution is 0.0827. The molecule has 0 heterocycles. The van der Waals surface area contributed by atoms with Crippen molar-refractivity contribution in [2.75, 3.05) is 34.2 Å². The Morgan fingerprint density at radius 2 is 1.90 bits per heavy atom. The molecule has 2 rings (SSSR count). The van der Waals surface area contributed by atoms with Gasteiger partial charge in [0, 0.05) is 33.3 Å². The number of guanidine groups is 1. The van der Waals surface area contributed by atoms with Crippen molar-refractivity contribution in [1.82, 2.24) is 15.5 Å². The standard InChI is InChI=1S/C22H29FN4O2.HI/c1-16(29-20-11-6-5-10-19(20)23)15-26-22(24-2)25-13-12-17-8-7-9-18(14-17)21(28)27(3)4;/h5-11,14,16H,12-13,15H2,1-4H3,(H2,24,25,26);1H. The van der Waals surface area contributed by atoms with Crippen LogP contribution in [0.5, 0.6) is 5.75 Å². The maximum absolute atomic E-state index is 13.7. The molecule has 8 heteroatoms. The van der Waals surface area contributed by atoms with Crippen molar-refractivity contribution in [2.24, 2.45) is 4.99 Å². The first kappa shape index (κ1) is 25.7. The van der Waals surface area contributed by atoms with Crippen molar-refractivity contribution >= 4 is 35.8 Å². The molecule has 0 aliphatic carbocycles. The third-order valence-corrected chi connectivity index (χ3v) is 4.23. The lowest BCUT2D eigenvalue weighted by atomic mass is 10.1. The van der Waals surface area contributed by atoms with Crippen LogP contribution in [0.3, 0.4) is 0 Å². The number of hydrogen-bond donors (Lipinski definition) is 2. The van der Waals surface area contributed by atoms with Crippen LogP contribution in [0.1, 0.15) is 22.8 Å². The fourth-order valence-corrected chi connectivity index (χ4v) is 2.70. The number of amides is 1. The average Bonchev–Trinajstić information content (AvgIpc) is 2.71. The Hall–Kier alpha value is -2.36. The van der Waals surface area contributed by atoms with Gasteiger partial charge in [-0.25, -0.2) is 4.39 Å². The summed E-state index contributed by atoms with van der Waals surface area (Å²) in [6.45, 7) is 2.99. The highest BCUT2D eigenvalue weighted by molar-refractivity contribution is 14.0. The van der Waals surface area contributed by atoms with E-state index >= 15 is 0 Å². The minimum absolute atomic E-state index is 0. The Kier molecular flexibility index (Phi) is 11.2. The number of nitrogens with zero attached hydrogens (tertiary/aromatic N) is 2. The Labute approximate surface area is 194 Å². The monoisotopic (exact) mass is 528 g/mol. The average molecular weight is 528 g/mol. The number of hydrogen-bond acceptors (Lipinski definition) is 3. The van der Waals surface area contributed by atoms with Gasteiger partial charge >= 0.3 is 0 Å². The lowest BCUT2D eigenvalue weighted by Gasteiger charge is -2.18. The molecule has 0 fully saturated rings. The maximum Gasteiger partial charge on any atom is 0.253 e. The van der Waals surface area contributed by atoms with E-state index in [1.807, 2.05) is 31.2 Å². The smallest absolute Gasteiger partial charge is 0.253 e. The molecule has 1 unspecified atom stereocenters. The molecule has 0 saturated carbocycles. The topological polar surface area (TPSA) is 66.0 Å². The van der Waals surface area contributed by atoms with Gasteiger partial charge in [-0.1, -0.05) is 24.3 Å². The molecule has 0 aromatic heterocycles. The number of nitrogens with one attached hydrogen (secondary N) is 2. The minimum atomic E-state index is -0.378. The zero-order valence-electron chi connectivity index (χ0n) is 17.8. The summed E-state index contributed by atoms with van der Waals surface area (Å²) in [5.41, 5.74) is 1.74. The second-order valence-electron chi connectivity index (χ2n) is 6.89. The maximum atomic E-state index is 13.7. The number of rotatable bonds is 8. The molecule has 2 aromatic carbocycles. The van der Waals surface area contributed by atoms with Crippen molar-refractivity contribution in [3.05, 3.63) is 65.5 Å². The van der Waals surface area contributed by atoms with Gasteiger partial charge in [-0.05, 0) is 43.2 Å². The molecule has 0 spiro atoms. The predicted molar refractivity (Wildman–Crippen MR) is 129 cm³/mol. The van der Waals surface area contributed by atoms with Crippen LogP contribution in [0.25, 0.3) is 0 Å². The Morgan fingerprint density at radius 1 is 1.17 bits per heavy atom. The summed E-state index contributed by atoms with van der Waals surface area (Å²) in [5.74, 6) is 0.476. The van der Waals surface area contributed by atoms with Crippen LogP contribution < -0.4 is 15.4 Å². The molecule has 0 bridgehead atoms. The number of carbonyl (C=O) groups excluding carboxylic acids is 1. The van der Waals surface area contributed by atoms with Crippen molar-refractivity contribution in [3.63, 3.8) is 0 Å². The van der Waals surface area contributed by atoms with Gasteiger partial charge in [0.05, 0.1) is 6.54 Å². The van der Waals surface area contributed by atoms with Crippen molar-refractivity contribution in [2.45, 2.75) is 19.4 Å². The Morgan fingerprint density at radius 3 is 2.57 bits per heavy atom. The third kappa shape index (κ3) is 8.17. The van der Waals surface area contributed by atoms with Crippen LogP contribution in [0.15, 0.2) is 53.5 Å². The number of carbonyl (C=O) groups is 1. The first-order valence-corrected chi connectivity index (χ1v) is 9.57. The van der Waals surface area contributed by atoms with Gasteiger partial charge in [-0.3, -0.25) is 9.79 Å². The summed E-state index contributed by atoms with van der Waals surface area (Å²) < 4.78 is 19.3. The van der Waals surface area contributed by atoms with Gasteiger partial charge in [0.15, 0.2) is 17.5 Å². The number of halogens is 2. The largest absolute Gasteiger partial charge is 0.486 e. The quantitative estimate of drug-likeness (QED) is 0.314. The van der Waals surface area contributed by atoms with E-state index in [4.69, 9.17) is 4.74 Å². The minimum Gasteiger partial charge on any atom is -0.486 e. The third-order valence-electron chi connectivity index (χ3n) is 4.23. The van der Waals surface area contributed by atoms with Gasteiger partial charge in [0.25, 0.3) is 5.91 Å². The van der Waals surface area contributed by atoms with E-state index in [1.165, 1.54) is 6.07 Å². The second kappa shape index (κ2) is 13.0. The highest BCUT2D eigenvalue weighted by Crippen LogP contribution is 2.16. The number of benzene rings is 2. The van der Waals surface area contributed by atoms with E-state index in [9.17, 15) is 9.18 Å². The van der Waals surface area contributed by atoms with Gasteiger partial charge in [0.2, 0.25) is 0 Å². The van der Waals surface area contributed by atoms with Gasteiger partial charge in [-0.15, -0.1) is 24.0 Å². The molecular formula is C22H30FIN4O2. The van der Waals surface area contributed by atoms with E-state index in [1.54, 1.807) is 44.2 Å². The molecular weight excluding hydrogens is 498 g/mol. The van der Waals surface area contributed by atoms with E-state index in [2.05, 4.69) is 15.6 Å². The van der Waals surface area contributed by atoms with Gasteiger partial charge < -0.3 is 20.3 Å².